The van der Waals surface area contributed by atoms with Crippen molar-refractivity contribution in [3.05, 3.63) is 0 Å². The van der Waals surface area contributed by atoms with Gasteiger partial charge in [0.15, 0.2) is 0 Å². The van der Waals surface area contributed by atoms with E-state index >= 15 is 0 Å². The largest absolute Gasteiger partial charge is 1.00 e. The van der Waals surface area contributed by atoms with Crippen molar-refractivity contribution in [2.24, 2.45) is 0 Å². The summed E-state index contributed by atoms with van der Waals surface area (Å²) >= 11 is 0. The second-order valence-electron chi connectivity index (χ2n) is 7.90. The van der Waals surface area contributed by atoms with Crippen molar-refractivity contribution in [3.8, 4) is 0 Å². The zero-order chi connectivity index (χ0) is 21.3. The van der Waals surface area contributed by atoms with Crippen LogP contribution in [0.25, 0.3) is 0 Å². The van der Waals surface area contributed by atoms with Gasteiger partial charge in [0, 0.05) is 11.9 Å². The molecule has 0 unspecified atom stereocenters. The summed E-state index contributed by atoms with van der Waals surface area (Å²) in [6.45, 7) is 4.44. The summed E-state index contributed by atoms with van der Waals surface area (Å²) in [5, 5.41) is 20.2. The van der Waals surface area contributed by atoms with Crippen LogP contribution in [0, 0.1) is 0 Å². The normalized spacial score (nSPS) is 9.67. The maximum atomic E-state index is 10.1. The number of carboxylic acid groups (broad SMARTS) is 2. The molecule has 0 aliphatic rings. The minimum atomic E-state index is -0.909. The number of carbonyl (C=O) groups excluding carboxylic acids is 2. The van der Waals surface area contributed by atoms with Gasteiger partial charge in [0.25, 0.3) is 0 Å². The van der Waals surface area contributed by atoms with Crippen molar-refractivity contribution >= 4 is 11.9 Å². The van der Waals surface area contributed by atoms with Crippen LogP contribution < -0.4 is 113 Å². The Morgan fingerprint density at radius 2 is 0.633 bits per heavy atom. The first-order valence-electron chi connectivity index (χ1n) is 11.9. The van der Waals surface area contributed by atoms with Crippen molar-refractivity contribution in [1.82, 2.24) is 0 Å². The summed E-state index contributed by atoms with van der Waals surface area (Å²) < 4.78 is 0. The second-order valence-corrected chi connectivity index (χ2v) is 7.90. The molecule has 0 aliphatic heterocycles. The van der Waals surface area contributed by atoms with Gasteiger partial charge >= 0.3 is 103 Å². The van der Waals surface area contributed by atoms with Crippen molar-refractivity contribution in [2.75, 3.05) is 0 Å². The number of carbonyl (C=O) groups is 2. The van der Waals surface area contributed by atoms with Gasteiger partial charge < -0.3 is 19.8 Å². The molecule has 6 heteroatoms. The van der Waals surface area contributed by atoms with Gasteiger partial charge in [-0.05, 0) is 25.7 Å². The second kappa shape index (κ2) is 35.8. The minimum Gasteiger partial charge on any atom is -0.550 e. The van der Waals surface area contributed by atoms with Crippen LogP contribution in [0.5, 0.6) is 0 Å². The molecule has 0 saturated heterocycles. The van der Waals surface area contributed by atoms with Gasteiger partial charge in [0.05, 0.1) is 0 Å². The third-order valence-corrected chi connectivity index (χ3v) is 4.97. The van der Waals surface area contributed by atoms with E-state index in [0.717, 1.165) is 25.7 Å². The van der Waals surface area contributed by atoms with E-state index < -0.39 is 11.9 Å². The van der Waals surface area contributed by atoms with E-state index in [2.05, 4.69) is 13.8 Å². The monoisotopic (exact) mass is 476 g/mol. The Bertz CT molecular complexity index is 307. The molecular weight excluding hydrogens is 430 g/mol. The van der Waals surface area contributed by atoms with Gasteiger partial charge in [-0.2, -0.15) is 0 Å². The molecule has 0 bridgehead atoms. The fourth-order valence-electron chi connectivity index (χ4n) is 3.16. The number of rotatable bonds is 20. The number of unbranched alkanes of at least 4 members (excludes halogenated alkanes) is 16. The summed E-state index contributed by atoms with van der Waals surface area (Å²) in [7, 11) is 0. The average molecular weight is 477 g/mol. The molecule has 0 heterocycles. The minimum absolute atomic E-state index is 0. The van der Waals surface area contributed by atoms with E-state index in [9.17, 15) is 19.8 Å². The molecule has 4 nitrogen and oxygen atoms in total. The molecule has 0 atom stereocenters. The number of carboxylic acids is 2. The van der Waals surface area contributed by atoms with E-state index in [-0.39, 0.29) is 116 Å². The molecule has 0 aromatic carbocycles. The molecule has 0 aliphatic carbocycles. The first-order chi connectivity index (χ1) is 13.5. The molecule has 0 fully saturated rings. The Hall–Kier alpha value is 2.21. The van der Waals surface area contributed by atoms with Gasteiger partial charge in [-0.3, -0.25) is 0 Å². The molecule has 0 aromatic rings. The summed E-state index contributed by atoms with van der Waals surface area (Å²) in [6, 6.07) is 0. The van der Waals surface area contributed by atoms with E-state index in [1.807, 2.05) is 0 Å². The van der Waals surface area contributed by atoms with Gasteiger partial charge in [0.1, 0.15) is 0 Å². The van der Waals surface area contributed by atoms with E-state index in [4.69, 9.17) is 0 Å². The predicted octanol–water partition coefficient (Wildman–Crippen LogP) is -0.678. The SMILES string of the molecule is CCCCCCCCCCCC(=O)[O-].CCCCCCCCCCCC(=O)[O-].[K+].[K+]. The molecule has 0 amide bonds. The van der Waals surface area contributed by atoms with Crippen LogP contribution in [0.3, 0.4) is 0 Å². The Kier molecular flexibility index (Phi) is 47.0. The summed E-state index contributed by atoms with van der Waals surface area (Å²) in [5.74, 6) is -1.82. The summed E-state index contributed by atoms with van der Waals surface area (Å²) in [5.41, 5.74) is 0. The first kappa shape index (κ1) is 39.4. The molecule has 168 valence electrons. The van der Waals surface area contributed by atoms with Gasteiger partial charge in [-0.25, -0.2) is 0 Å². The molecule has 0 saturated carbocycles. The maximum absolute atomic E-state index is 10.1. The molecule has 0 spiro atoms. The Morgan fingerprint density at radius 3 is 0.833 bits per heavy atom. The Morgan fingerprint density at radius 1 is 0.433 bits per heavy atom. The smallest absolute Gasteiger partial charge is 0.550 e. The van der Waals surface area contributed by atoms with Crippen LogP contribution in [-0.4, -0.2) is 11.9 Å². The topological polar surface area (TPSA) is 80.3 Å². The molecule has 0 radical (unpaired) electrons. The average Bonchev–Trinajstić information content (AvgIpc) is 2.65. The van der Waals surface area contributed by atoms with Crippen molar-refractivity contribution in [3.63, 3.8) is 0 Å². The van der Waals surface area contributed by atoms with Crippen LogP contribution in [0.1, 0.15) is 142 Å². The van der Waals surface area contributed by atoms with E-state index in [1.54, 1.807) is 0 Å². The Balaban J connectivity index is -0.000000211. The third kappa shape index (κ3) is 44.0. The van der Waals surface area contributed by atoms with Crippen molar-refractivity contribution in [1.29, 1.82) is 0 Å². The van der Waals surface area contributed by atoms with E-state index in [0.29, 0.717) is 0 Å². The van der Waals surface area contributed by atoms with Crippen LogP contribution >= 0.6 is 0 Å². The van der Waals surface area contributed by atoms with Crippen LogP contribution in [0.2, 0.25) is 0 Å². The fraction of sp³-hybridized carbons (Fsp3) is 0.917. The third-order valence-electron chi connectivity index (χ3n) is 4.97. The standard InChI is InChI=1S/2C12H24O2.2K/c2*1-2-3-4-5-6-7-8-9-10-11-12(13)14;;/h2*2-11H2,1H3,(H,13,14);;/q;;2*+1/p-2. The molecule has 30 heavy (non-hydrogen) atoms. The predicted molar refractivity (Wildman–Crippen MR) is 114 cm³/mol. The number of aliphatic carboxylic acids is 2. The van der Waals surface area contributed by atoms with Gasteiger partial charge in [-0.15, -0.1) is 0 Å². The fourth-order valence-corrected chi connectivity index (χ4v) is 3.16. The van der Waals surface area contributed by atoms with Crippen molar-refractivity contribution in [2.45, 2.75) is 142 Å². The first-order valence-corrected chi connectivity index (χ1v) is 11.9. The molecule has 0 aromatic heterocycles. The zero-order valence-corrected chi connectivity index (χ0v) is 27.0. The van der Waals surface area contributed by atoms with Crippen molar-refractivity contribution < 1.29 is 123 Å². The molecule has 0 rings (SSSR count). The zero-order valence-electron chi connectivity index (χ0n) is 20.8. The van der Waals surface area contributed by atoms with Crippen LogP contribution in [-0.2, 0) is 9.59 Å². The summed E-state index contributed by atoms with van der Waals surface area (Å²) in [4.78, 5) is 20.2. The van der Waals surface area contributed by atoms with E-state index in [1.165, 1.54) is 89.9 Å². The quantitative estimate of drug-likeness (QED) is 0.172. The maximum Gasteiger partial charge on any atom is 1.00 e. The van der Waals surface area contributed by atoms with Crippen LogP contribution in [0.4, 0.5) is 0 Å². The number of hydrogen-bond acceptors (Lipinski definition) is 4. The Labute approximate surface area is 272 Å². The molecule has 0 N–H and O–H groups in total. The molecular formula is C24H46K2O4. The van der Waals surface area contributed by atoms with Gasteiger partial charge in [-0.1, -0.05) is 117 Å². The summed E-state index contributed by atoms with van der Waals surface area (Å²) in [6.07, 6.45) is 22.3. The van der Waals surface area contributed by atoms with Crippen LogP contribution in [0.15, 0.2) is 0 Å². The number of hydrogen-bond donors (Lipinski definition) is 0. The van der Waals surface area contributed by atoms with Gasteiger partial charge in [0.2, 0.25) is 0 Å².